The summed E-state index contributed by atoms with van der Waals surface area (Å²) in [5, 5.41) is 25.3. The first-order valence-electron chi connectivity index (χ1n) is 9.87. The molecule has 0 bridgehead atoms. The molecule has 0 unspecified atom stereocenters. The number of benzene rings is 1. The fraction of sp³-hybridized carbons (Fsp3) is 0.600. The maximum atomic E-state index is 12.4. The van der Waals surface area contributed by atoms with Crippen LogP contribution in [0.15, 0.2) is 30.3 Å². The molecule has 9 nitrogen and oxygen atoms in total. The molecule has 10 heteroatoms. The minimum absolute atomic E-state index is 0.183. The largest absolute Gasteiger partial charge is 0.439 e. The van der Waals surface area contributed by atoms with Crippen LogP contribution in [0.25, 0.3) is 0 Å². The lowest BCUT2D eigenvalue weighted by Crippen LogP contribution is -2.61. The Morgan fingerprint density at radius 2 is 1.83 bits per heavy atom. The van der Waals surface area contributed by atoms with Gasteiger partial charge in [-0.1, -0.05) is 37.3 Å². The van der Waals surface area contributed by atoms with E-state index in [9.17, 15) is 19.8 Å². The molecule has 4 N–H and O–H groups in total. The Bertz CT molecular complexity index is 676. The van der Waals surface area contributed by atoms with Gasteiger partial charge in [0.25, 0.3) is 0 Å². The van der Waals surface area contributed by atoms with Gasteiger partial charge >= 0.3 is 12.2 Å². The third kappa shape index (κ3) is 7.05. The highest BCUT2D eigenvalue weighted by Gasteiger charge is 2.49. The molecular formula is C20H30N2O7S. The maximum Gasteiger partial charge on any atom is 0.407 e. The van der Waals surface area contributed by atoms with E-state index in [4.69, 9.17) is 14.2 Å². The highest BCUT2D eigenvalue weighted by Crippen LogP contribution is 2.32. The molecule has 1 aromatic carbocycles. The number of rotatable bonds is 8. The van der Waals surface area contributed by atoms with Crippen LogP contribution in [-0.2, 0) is 20.8 Å². The van der Waals surface area contributed by atoms with E-state index in [1.807, 2.05) is 37.3 Å². The van der Waals surface area contributed by atoms with Crippen LogP contribution in [0.3, 0.4) is 0 Å². The van der Waals surface area contributed by atoms with Crippen molar-refractivity contribution in [1.29, 1.82) is 0 Å². The summed E-state index contributed by atoms with van der Waals surface area (Å²) < 4.78 is 16.6. The molecule has 30 heavy (non-hydrogen) atoms. The van der Waals surface area contributed by atoms with Crippen LogP contribution in [0.5, 0.6) is 0 Å². The molecule has 0 spiro atoms. The minimum Gasteiger partial charge on any atom is -0.439 e. The Morgan fingerprint density at radius 1 is 1.17 bits per heavy atom. The summed E-state index contributed by atoms with van der Waals surface area (Å²) in [6.45, 7) is 5.19. The first kappa shape index (κ1) is 24.3. The molecule has 1 saturated heterocycles. The van der Waals surface area contributed by atoms with Crippen LogP contribution < -0.4 is 10.6 Å². The second-order valence-corrected chi connectivity index (χ2v) is 8.42. The number of nitrogens with one attached hydrogen (secondary N) is 2. The topological polar surface area (TPSA) is 126 Å². The highest BCUT2D eigenvalue weighted by molar-refractivity contribution is 7.99. The SMILES string of the molecule is CCS[C@@H]1O[C@H](CO)[C@@H](O)[C@H](OC(=O)NC(C)C)[C@H]1OC(=O)NCc1ccccc1. The van der Waals surface area contributed by atoms with Gasteiger partial charge in [-0.3, -0.25) is 0 Å². The Balaban J connectivity index is 2.12. The van der Waals surface area contributed by atoms with E-state index in [0.29, 0.717) is 5.75 Å². The quantitative estimate of drug-likeness (QED) is 0.478. The molecule has 0 radical (unpaired) electrons. The van der Waals surface area contributed by atoms with Gasteiger partial charge in [-0.15, -0.1) is 11.8 Å². The fourth-order valence-corrected chi connectivity index (χ4v) is 3.88. The first-order chi connectivity index (χ1) is 14.3. The van der Waals surface area contributed by atoms with E-state index in [0.717, 1.165) is 5.56 Å². The number of carbonyl (C=O) groups is 2. The van der Waals surface area contributed by atoms with Gasteiger partial charge in [0.1, 0.15) is 17.6 Å². The van der Waals surface area contributed by atoms with Crippen molar-refractivity contribution in [2.75, 3.05) is 12.4 Å². The highest BCUT2D eigenvalue weighted by atomic mass is 32.2. The van der Waals surface area contributed by atoms with Gasteiger partial charge < -0.3 is 35.1 Å². The average molecular weight is 443 g/mol. The number of amides is 2. The molecule has 1 aliphatic rings. The van der Waals surface area contributed by atoms with E-state index >= 15 is 0 Å². The number of carbonyl (C=O) groups excluding carboxylic acids is 2. The van der Waals surface area contributed by atoms with Crippen LogP contribution in [0.4, 0.5) is 9.59 Å². The second kappa shape index (κ2) is 12.0. The van der Waals surface area contributed by atoms with Crippen LogP contribution in [0.2, 0.25) is 0 Å². The van der Waals surface area contributed by atoms with Crippen molar-refractivity contribution in [2.24, 2.45) is 0 Å². The number of aliphatic hydroxyl groups is 2. The average Bonchev–Trinajstić information content (AvgIpc) is 2.71. The standard InChI is InChI=1S/C20H30N2O7S/c1-4-30-18-17(29-19(25)21-10-13-8-6-5-7-9-13)16(15(24)14(11-23)27-18)28-20(26)22-12(2)3/h5-9,12,14-18,23-24H,4,10-11H2,1-3H3,(H,21,25)(H,22,26)/t14-,15-,16+,17-,18+/m1/s1. The second-order valence-electron chi connectivity index (χ2n) is 7.05. The van der Waals surface area contributed by atoms with Gasteiger partial charge in [0.15, 0.2) is 12.2 Å². The zero-order chi connectivity index (χ0) is 22.1. The fourth-order valence-electron chi connectivity index (χ4n) is 2.93. The molecule has 1 heterocycles. The van der Waals surface area contributed by atoms with Crippen LogP contribution in [-0.4, -0.2) is 70.7 Å². The first-order valence-corrected chi connectivity index (χ1v) is 10.9. The van der Waals surface area contributed by atoms with Gasteiger partial charge in [-0.05, 0) is 25.2 Å². The summed E-state index contributed by atoms with van der Waals surface area (Å²) in [6.07, 6.45) is -6.11. The van der Waals surface area contributed by atoms with E-state index in [1.165, 1.54) is 11.8 Å². The van der Waals surface area contributed by atoms with Gasteiger partial charge in [-0.25, -0.2) is 9.59 Å². The van der Waals surface area contributed by atoms with E-state index in [2.05, 4.69) is 10.6 Å². The van der Waals surface area contributed by atoms with Gasteiger partial charge in [0.2, 0.25) is 0 Å². The zero-order valence-electron chi connectivity index (χ0n) is 17.3. The Morgan fingerprint density at radius 3 is 2.43 bits per heavy atom. The van der Waals surface area contributed by atoms with Crippen LogP contribution in [0, 0.1) is 0 Å². The molecule has 2 rings (SSSR count). The van der Waals surface area contributed by atoms with Crippen molar-refractivity contribution in [2.45, 2.75) is 63.2 Å². The van der Waals surface area contributed by atoms with Crippen molar-refractivity contribution < 1.29 is 34.0 Å². The van der Waals surface area contributed by atoms with Crippen LogP contribution >= 0.6 is 11.8 Å². The smallest absolute Gasteiger partial charge is 0.407 e. The van der Waals surface area contributed by atoms with Gasteiger partial charge in [0.05, 0.1) is 6.61 Å². The molecule has 0 saturated carbocycles. The zero-order valence-corrected chi connectivity index (χ0v) is 18.1. The minimum atomic E-state index is -1.37. The number of aliphatic hydroxyl groups excluding tert-OH is 2. The molecule has 0 aliphatic carbocycles. The Hall–Kier alpha value is -2.01. The maximum absolute atomic E-state index is 12.4. The summed E-state index contributed by atoms with van der Waals surface area (Å²) in [6, 6.07) is 9.12. The number of ether oxygens (including phenoxy) is 3. The van der Waals surface area contributed by atoms with Crippen molar-refractivity contribution in [3.63, 3.8) is 0 Å². The molecule has 5 atom stereocenters. The monoisotopic (exact) mass is 442 g/mol. The molecule has 1 aromatic rings. The third-order valence-corrected chi connectivity index (χ3v) is 5.34. The number of hydrogen-bond donors (Lipinski definition) is 4. The predicted molar refractivity (Wildman–Crippen MR) is 112 cm³/mol. The van der Waals surface area contributed by atoms with E-state index < -0.39 is 48.6 Å². The summed E-state index contributed by atoms with van der Waals surface area (Å²) in [5.74, 6) is 0.620. The molecule has 2 amide bonds. The van der Waals surface area contributed by atoms with E-state index in [1.54, 1.807) is 13.8 Å². The molecule has 0 aromatic heterocycles. The summed E-state index contributed by atoms with van der Waals surface area (Å²) in [4.78, 5) is 24.6. The van der Waals surface area contributed by atoms with E-state index in [-0.39, 0.29) is 12.6 Å². The lowest BCUT2D eigenvalue weighted by molar-refractivity contribution is -0.205. The normalized spacial score (nSPS) is 26.1. The third-order valence-electron chi connectivity index (χ3n) is 4.30. The Kier molecular flexibility index (Phi) is 9.70. The van der Waals surface area contributed by atoms with Crippen molar-refractivity contribution in [3.05, 3.63) is 35.9 Å². The number of thioether (sulfide) groups is 1. The van der Waals surface area contributed by atoms with Crippen molar-refractivity contribution in [1.82, 2.24) is 10.6 Å². The lowest BCUT2D eigenvalue weighted by atomic mass is 10.00. The number of alkyl carbamates (subject to hydrolysis) is 2. The molecular weight excluding hydrogens is 412 g/mol. The van der Waals surface area contributed by atoms with Crippen molar-refractivity contribution >= 4 is 23.9 Å². The summed E-state index contributed by atoms with van der Waals surface area (Å²) in [5.41, 5.74) is 0.160. The molecule has 1 fully saturated rings. The Labute approximate surface area is 180 Å². The molecule has 1 aliphatic heterocycles. The van der Waals surface area contributed by atoms with Crippen LogP contribution in [0.1, 0.15) is 26.3 Å². The van der Waals surface area contributed by atoms with Gasteiger partial charge in [0, 0.05) is 12.6 Å². The van der Waals surface area contributed by atoms with Crippen molar-refractivity contribution in [3.8, 4) is 0 Å². The van der Waals surface area contributed by atoms with Gasteiger partial charge in [-0.2, -0.15) is 0 Å². The summed E-state index contributed by atoms with van der Waals surface area (Å²) >= 11 is 1.32. The predicted octanol–water partition coefficient (Wildman–Crippen LogP) is 1.62. The number of hydrogen-bond acceptors (Lipinski definition) is 8. The lowest BCUT2D eigenvalue weighted by Gasteiger charge is -2.42. The summed E-state index contributed by atoms with van der Waals surface area (Å²) in [7, 11) is 0. The molecule has 168 valence electrons.